The van der Waals surface area contributed by atoms with Gasteiger partial charge in [-0.3, -0.25) is 4.98 Å². The Bertz CT molecular complexity index is 678. The van der Waals surface area contributed by atoms with Crippen LogP contribution in [0.1, 0.15) is 0 Å². The Hall–Kier alpha value is -2.32. The molecule has 3 heteroatoms. The lowest BCUT2D eigenvalue weighted by molar-refractivity contribution is 0.483. The SMILES string of the molecule is Clc1ccc(Oc2ccc(-c3cccnc3)cc2)cc1. The lowest BCUT2D eigenvalue weighted by Crippen LogP contribution is -1.84. The Balaban J connectivity index is 1.78. The van der Waals surface area contributed by atoms with Gasteiger partial charge in [0.15, 0.2) is 0 Å². The second-order valence-electron chi connectivity index (χ2n) is 4.32. The smallest absolute Gasteiger partial charge is 0.127 e. The van der Waals surface area contributed by atoms with E-state index in [1.807, 2.05) is 54.7 Å². The first-order valence-corrected chi connectivity index (χ1v) is 6.63. The van der Waals surface area contributed by atoms with Crippen LogP contribution >= 0.6 is 11.6 Å². The lowest BCUT2D eigenvalue weighted by Gasteiger charge is -2.07. The molecule has 98 valence electrons. The van der Waals surface area contributed by atoms with Gasteiger partial charge < -0.3 is 4.74 Å². The van der Waals surface area contributed by atoms with Crippen molar-refractivity contribution >= 4 is 11.6 Å². The summed E-state index contributed by atoms with van der Waals surface area (Å²) in [7, 11) is 0. The van der Waals surface area contributed by atoms with E-state index in [0.717, 1.165) is 22.6 Å². The van der Waals surface area contributed by atoms with E-state index in [4.69, 9.17) is 16.3 Å². The van der Waals surface area contributed by atoms with E-state index < -0.39 is 0 Å². The van der Waals surface area contributed by atoms with Gasteiger partial charge in [0, 0.05) is 17.4 Å². The van der Waals surface area contributed by atoms with E-state index in [1.165, 1.54) is 0 Å². The highest BCUT2D eigenvalue weighted by molar-refractivity contribution is 6.30. The molecule has 2 aromatic carbocycles. The highest BCUT2D eigenvalue weighted by Crippen LogP contribution is 2.26. The molecular formula is C17H12ClNO. The number of hydrogen-bond donors (Lipinski definition) is 0. The molecule has 3 aromatic rings. The van der Waals surface area contributed by atoms with Gasteiger partial charge in [-0.05, 0) is 53.6 Å². The Labute approximate surface area is 122 Å². The topological polar surface area (TPSA) is 22.1 Å². The van der Waals surface area contributed by atoms with Gasteiger partial charge in [0.25, 0.3) is 0 Å². The van der Waals surface area contributed by atoms with Gasteiger partial charge >= 0.3 is 0 Å². The fourth-order valence-corrected chi connectivity index (χ4v) is 2.01. The molecule has 0 aliphatic rings. The highest BCUT2D eigenvalue weighted by atomic mass is 35.5. The quantitative estimate of drug-likeness (QED) is 0.659. The van der Waals surface area contributed by atoms with E-state index >= 15 is 0 Å². The van der Waals surface area contributed by atoms with Crippen LogP contribution in [0.3, 0.4) is 0 Å². The van der Waals surface area contributed by atoms with Crippen molar-refractivity contribution in [3.8, 4) is 22.6 Å². The number of rotatable bonds is 3. The van der Waals surface area contributed by atoms with Crippen molar-refractivity contribution in [2.75, 3.05) is 0 Å². The van der Waals surface area contributed by atoms with Crippen LogP contribution in [0.4, 0.5) is 0 Å². The minimum Gasteiger partial charge on any atom is -0.457 e. The van der Waals surface area contributed by atoms with E-state index in [1.54, 1.807) is 18.3 Å². The molecule has 0 radical (unpaired) electrons. The summed E-state index contributed by atoms with van der Waals surface area (Å²) in [4.78, 5) is 4.12. The van der Waals surface area contributed by atoms with Gasteiger partial charge in [-0.1, -0.05) is 29.8 Å². The largest absolute Gasteiger partial charge is 0.457 e. The number of ether oxygens (including phenoxy) is 1. The Morgan fingerprint density at radius 1 is 0.750 bits per heavy atom. The predicted octanol–water partition coefficient (Wildman–Crippen LogP) is 5.19. The highest BCUT2D eigenvalue weighted by Gasteiger charge is 2.00. The van der Waals surface area contributed by atoms with Crippen molar-refractivity contribution in [3.05, 3.63) is 78.1 Å². The summed E-state index contributed by atoms with van der Waals surface area (Å²) in [6.07, 6.45) is 3.61. The number of hydrogen-bond acceptors (Lipinski definition) is 2. The second kappa shape index (κ2) is 5.76. The van der Waals surface area contributed by atoms with Crippen LogP contribution < -0.4 is 4.74 Å². The molecule has 0 saturated heterocycles. The standard InChI is InChI=1S/C17H12ClNO/c18-15-5-9-17(10-6-15)20-16-7-3-13(4-8-16)14-2-1-11-19-12-14/h1-12H. The Kier molecular flexibility index (Phi) is 3.66. The molecule has 0 aliphatic heterocycles. The number of halogens is 1. The molecule has 0 atom stereocenters. The Morgan fingerprint density at radius 3 is 2.00 bits per heavy atom. The minimum atomic E-state index is 0.698. The zero-order valence-corrected chi connectivity index (χ0v) is 11.4. The first kappa shape index (κ1) is 12.7. The van der Waals surface area contributed by atoms with Crippen LogP contribution in [0.2, 0.25) is 5.02 Å². The van der Waals surface area contributed by atoms with Crippen molar-refractivity contribution in [1.29, 1.82) is 0 Å². The Morgan fingerprint density at radius 2 is 1.40 bits per heavy atom. The number of benzene rings is 2. The first-order valence-electron chi connectivity index (χ1n) is 6.25. The van der Waals surface area contributed by atoms with Gasteiger partial charge in [-0.25, -0.2) is 0 Å². The monoisotopic (exact) mass is 281 g/mol. The van der Waals surface area contributed by atoms with Crippen molar-refractivity contribution in [3.63, 3.8) is 0 Å². The van der Waals surface area contributed by atoms with E-state index in [2.05, 4.69) is 4.98 Å². The molecule has 0 bridgehead atoms. The molecule has 1 heterocycles. The van der Waals surface area contributed by atoms with E-state index in [0.29, 0.717) is 5.02 Å². The van der Waals surface area contributed by atoms with Crippen molar-refractivity contribution in [1.82, 2.24) is 4.98 Å². The third-order valence-corrected chi connectivity index (χ3v) is 3.15. The molecule has 0 unspecified atom stereocenters. The van der Waals surface area contributed by atoms with Crippen molar-refractivity contribution in [2.24, 2.45) is 0 Å². The van der Waals surface area contributed by atoms with Gasteiger partial charge in [0.1, 0.15) is 11.5 Å². The number of aromatic nitrogens is 1. The number of pyridine rings is 1. The van der Waals surface area contributed by atoms with Gasteiger partial charge in [-0.2, -0.15) is 0 Å². The van der Waals surface area contributed by atoms with Crippen LogP contribution in [0.25, 0.3) is 11.1 Å². The van der Waals surface area contributed by atoms with Crippen LogP contribution in [0.15, 0.2) is 73.1 Å². The van der Waals surface area contributed by atoms with Crippen molar-refractivity contribution < 1.29 is 4.74 Å². The summed E-state index contributed by atoms with van der Waals surface area (Å²) in [6, 6.07) is 19.2. The summed E-state index contributed by atoms with van der Waals surface area (Å²) < 4.78 is 5.75. The summed E-state index contributed by atoms with van der Waals surface area (Å²) in [6.45, 7) is 0. The molecule has 0 saturated carbocycles. The van der Waals surface area contributed by atoms with E-state index in [9.17, 15) is 0 Å². The summed E-state index contributed by atoms with van der Waals surface area (Å²) in [5, 5.41) is 0.698. The average molecular weight is 282 g/mol. The first-order chi connectivity index (χ1) is 9.81. The maximum absolute atomic E-state index is 5.84. The predicted molar refractivity (Wildman–Crippen MR) is 81.2 cm³/mol. The molecule has 0 fully saturated rings. The lowest BCUT2D eigenvalue weighted by atomic mass is 10.1. The molecular weight excluding hydrogens is 270 g/mol. The molecule has 0 N–H and O–H groups in total. The average Bonchev–Trinajstić information content (AvgIpc) is 2.51. The third kappa shape index (κ3) is 2.98. The summed E-state index contributed by atoms with van der Waals surface area (Å²) in [5.74, 6) is 1.56. The third-order valence-electron chi connectivity index (χ3n) is 2.90. The van der Waals surface area contributed by atoms with Gasteiger partial charge in [-0.15, -0.1) is 0 Å². The number of nitrogens with zero attached hydrogens (tertiary/aromatic N) is 1. The molecule has 0 aliphatic carbocycles. The molecule has 2 nitrogen and oxygen atoms in total. The van der Waals surface area contributed by atoms with Crippen LogP contribution in [0, 0.1) is 0 Å². The van der Waals surface area contributed by atoms with E-state index in [-0.39, 0.29) is 0 Å². The maximum Gasteiger partial charge on any atom is 0.127 e. The second-order valence-corrected chi connectivity index (χ2v) is 4.76. The zero-order valence-electron chi connectivity index (χ0n) is 10.7. The molecule has 20 heavy (non-hydrogen) atoms. The summed E-state index contributed by atoms with van der Waals surface area (Å²) >= 11 is 5.84. The minimum absolute atomic E-state index is 0.698. The molecule has 0 amide bonds. The molecule has 3 rings (SSSR count). The normalized spacial score (nSPS) is 10.2. The van der Waals surface area contributed by atoms with Crippen molar-refractivity contribution in [2.45, 2.75) is 0 Å². The molecule has 1 aromatic heterocycles. The van der Waals surface area contributed by atoms with Crippen LogP contribution in [0.5, 0.6) is 11.5 Å². The maximum atomic E-state index is 5.84. The zero-order chi connectivity index (χ0) is 13.8. The molecule has 0 spiro atoms. The summed E-state index contributed by atoms with van der Waals surface area (Å²) in [5.41, 5.74) is 2.20. The fourth-order valence-electron chi connectivity index (χ4n) is 1.89. The van der Waals surface area contributed by atoms with Crippen LogP contribution in [-0.2, 0) is 0 Å². The fraction of sp³-hybridized carbons (Fsp3) is 0. The van der Waals surface area contributed by atoms with Gasteiger partial charge in [0.2, 0.25) is 0 Å². The van der Waals surface area contributed by atoms with Crippen LogP contribution in [-0.4, -0.2) is 4.98 Å². The van der Waals surface area contributed by atoms with Gasteiger partial charge in [0.05, 0.1) is 0 Å².